The fourth-order valence-corrected chi connectivity index (χ4v) is 2.26. The number of hydrogen-bond donors (Lipinski definition) is 1. The van der Waals surface area contributed by atoms with E-state index in [-0.39, 0.29) is 0 Å². The molecule has 1 aromatic rings. The second kappa shape index (κ2) is 6.77. The fraction of sp³-hybridized carbons (Fsp3) is 0.769. The van der Waals surface area contributed by atoms with Gasteiger partial charge in [0.15, 0.2) is 5.76 Å². The van der Waals surface area contributed by atoms with E-state index in [0.29, 0.717) is 6.61 Å². The number of rotatable bonds is 7. The third-order valence-electron chi connectivity index (χ3n) is 3.24. The van der Waals surface area contributed by atoms with Crippen molar-refractivity contribution in [2.75, 3.05) is 13.2 Å². The summed E-state index contributed by atoms with van der Waals surface area (Å²) in [5.41, 5.74) is 0.950. The van der Waals surface area contributed by atoms with Gasteiger partial charge in [-0.25, -0.2) is 0 Å². The van der Waals surface area contributed by atoms with Gasteiger partial charge in [-0.05, 0) is 25.3 Å². The summed E-state index contributed by atoms with van der Waals surface area (Å²) in [4.78, 5) is 0. The first kappa shape index (κ1) is 12.6. The Labute approximate surface area is 103 Å². The van der Waals surface area contributed by atoms with Crippen molar-refractivity contribution in [3.05, 3.63) is 17.5 Å². The van der Waals surface area contributed by atoms with E-state index in [0.717, 1.165) is 37.1 Å². The Morgan fingerprint density at radius 3 is 3.06 bits per heavy atom. The second-order valence-electron chi connectivity index (χ2n) is 4.73. The van der Waals surface area contributed by atoms with Crippen molar-refractivity contribution < 1.29 is 9.26 Å². The molecule has 0 radical (unpaired) electrons. The Bertz CT molecular complexity index is 319. The molecule has 0 aliphatic heterocycles. The van der Waals surface area contributed by atoms with E-state index in [2.05, 4.69) is 17.4 Å². The monoisotopic (exact) mass is 238 g/mol. The van der Waals surface area contributed by atoms with E-state index < -0.39 is 0 Å². The summed E-state index contributed by atoms with van der Waals surface area (Å²) in [6.07, 6.45) is 5.37. The molecule has 0 bridgehead atoms. The van der Waals surface area contributed by atoms with Gasteiger partial charge in [-0.1, -0.05) is 24.9 Å². The van der Waals surface area contributed by atoms with E-state index in [1.54, 1.807) is 0 Å². The molecule has 0 amide bonds. The van der Waals surface area contributed by atoms with E-state index in [4.69, 9.17) is 9.26 Å². The lowest BCUT2D eigenvalue weighted by Crippen LogP contribution is -2.11. The molecule has 2 rings (SSSR count). The van der Waals surface area contributed by atoms with Crippen LogP contribution in [0.3, 0.4) is 0 Å². The third-order valence-corrected chi connectivity index (χ3v) is 3.24. The van der Waals surface area contributed by atoms with E-state index in [1.165, 1.54) is 25.7 Å². The minimum absolute atomic E-state index is 0.551. The predicted molar refractivity (Wildman–Crippen MR) is 65.5 cm³/mol. The molecule has 1 heterocycles. The van der Waals surface area contributed by atoms with Crippen molar-refractivity contribution in [1.29, 1.82) is 0 Å². The van der Waals surface area contributed by atoms with Crippen LogP contribution in [0.25, 0.3) is 0 Å². The summed E-state index contributed by atoms with van der Waals surface area (Å²) in [7, 11) is 0. The summed E-state index contributed by atoms with van der Waals surface area (Å²) in [6.45, 7) is 5.20. The second-order valence-corrected chi connectivity index (χ2v) is 4.73. The van der Waals surface area contributed by atoms with Gasteiger partial charge in [0.1, 0.15) is 6.61 Å². The molecule has 96 valence electrons. The quantitative estimate of drug-likeness (QED) is 0.792. The molecule has 1 saturated carbocycles. The maximum absolute atomic E-state index is 5.67. The van der Waals surface area contributed by atoms with Gasteiger partial charge in [0, 0.05) is 19.2 Å². The smallest absolute Gasteiger partial charge is 0.162 e. The van der Waals surface area contributed by atoms with Crippen LogP contribution in [-0.4, -0.2) is 18.3 Å². The first-order valence-corrected chi connectivity index (χ1v) is 6.61. The van der Waals surface area contributed by atoms with Gasteiger partial charge in [0.05, 0.1) is 5.69 Å². The Morgan fingerprint density at radius 1 is 1.47 bits per heavy atom. The number of aromatic nitrogens is 1. The van der Waals surface area contributed by atoms with Gasteiger partial charge in [0.25, 0.3) is 0 Å². The number of ether oxygens (including phenoxy) is 1. The Morgan fingerprint density at radius 2 is 2.29 bits per heavy atom. The molecule has 1 aliphatic carbocycles. The first-order valence-electron chi connectivity index (χ1n) is 6.61. The molecule has 1 aliphatic rings. The van der Waals surface area contributed by atoms with Crippen LogP contribution in [0, 0.1) is 5.92 Å². The van der Waals surface area contributed by atoms with Crippen molar-refractivity contribution in [3.63, 3.8) is 0 Å². The van der Waals surface area contributed by atoms with E-state index in [1.807, 2.05) is 6.07 Å². The predicted octanol–water partition coefficient (Wildman–Crippen LogP) is 2.49. The Balaban J connectivity index is 1.65. The lowest BCUT2D eigenvalue weighted by atomic mass is 10.1. The topological polar surface area (TPSA) is 47.3 Å². The highest BCUT2D eigenvalue weighted by Gasteiger charge is 2.15. The van der Waals surface area contributed by atoms with Gasteiger partial charge < -0.3 is 14.6 Å². The molecular weight excluding hydrogens is 216 g/mol. The largest absolute Gasteiger partial charge is 0.373 e. The molecule has 4 nitrogen and oxygen atoms in total. The lowest BCUT2D eigenvalue weighted by Gasteiger charge is -2.07. The van der Waals surface area contributed by atoms with Crippen LogP contribution in [0.15, 0.2) is 10.6 Å². The summed E-state index contributed by atoms with van der Waals surface area (Å²) < 4.78 is 10.9. The summed E-state index contributed by atoms with van der Waals surface area (Å²) in [5.74, 6) is 1.59. The van der Waals surface area contributed by atoms with Crippen LogP contribution in [0.2, 0.25) is 0 Å². The first-order chi connectivity index (χ1) is 8.38. The highest BCUT2D eigenvalue weighted by atomic mass is 16.5. The average molecular weight is 238 g/mol. The molecule has 0 unspecified atom stereocenters. The molecule has 4 heteroatoms. The number of hydrogen-bond acceptors (Lipinski definition) is 4. The van der Waals surface area contributed by atoms with Crippen LogP contribution < -0.4 is 5.32 Å². The Hall–Kier alpha value is -0.870. The molecule has 1 aromatic heterocycles. The minimum atomic E-state index is 0.551. The fourth-order valence-electron chi connectivity index (χ4n) is 2.26. The zero-order chi connectivity index (χ0) is 11.9. The van der Waals surface area contributed by atoms with Crippen molar-refractivity contribution >= 4 is 0 Å². The van der Waals surface area contributed by atoms with Crippen molar-refractivity contribution in [3.8, 4) is 0 Å². The van der Waals surface area contributed by atoms with E-state index >= 15 is 0 Å². The van der Waals surface area contributed by atoms with Gasteiger partial charge >= 0.3 is 0 Å². The minimum Gasteiger partial charge on any atom is -0.373 e. The molecular formula is C13H22N2O2. The number of nitrogens with zero attached hydrogens (tertiary/aromatic N) is 1. The maximum atomic E-state index is 5.67. The summed E-state index contributed by atoms with van der Waals surface area (Å²) >= 11 is 0. The molecule has 17 heavy (non-hydrogen) atoms. The van der Waals surface area contributed by atoms with Gasteiger partial charge in [0.2, 0.25) is 0 Å². The van der Waals surface area contributed by atoms with Crippen LogP contribution in [-0.2, 0) is 17.9 Å². The van der Waals surface area contributed by atoms with E-state index in [9.17, 15) is 0 Å². The highest BCUT2D eigenvalue weighted by Crippen LogP contribution is 2.24. The standard InChI is InChI=1S/C13H22N2O2/c1-2-14-8-12-7-13(17-15-12)10-16-9-11-5-3-4-6-11/h7,11,14H,2-6,8-10H2,1H3. The van der Waals surface area contributed by atoms with Crippen molar-refractivity contribution in [2.45, 2.75) is 45.8 Å². The molecule has 1 N–H and O–H groups in total. The number of nitrogens with one attached hydrogen (secondary N) is 1. The average Bonchev–Trinajstić information content (AvgIpc) is 2.98. The maximum Gasteiger partial charge on any atom is 0.162 e. The third kappa shape index (κ3) is 4.13. The molecule has 0 saturated heterocycles. The van der Waals surface area contributed by atoms with Crippen LogP contribution in [0.5, 0.6) is 0 Å². The highest BCUT2D eigenvalue weighted by molar-refractivity contribution is 5.04. The lowest BCUT2D eigenvalue weighted by molar-refractivity contribution is 0.0734. The molecule has 1 fully saturated rings. The van der Waals surface area contributed by atoms with Crippen molar-refractivity contribution in [1.82, 2.24) is 10.5 Å². The van der Waals surface area contributed by atoms with Gasteiger partial charge in [-0.2, -0.15) is 0 Å². The van der Waals surface area contributed by atoms with Crippen LogP contribution in [0.4, 0.5) is 0 Å². The summed E-state index contributed by atoms with van der Waals surface area (Å²) in [5, 5.41) is 7.20. The summed E-state index contributed by atoms with van der Waals surface area (Å²) in [6, 6.07) is 1.97. The Kier molecular flexibility index (Phi) is 5.01. The normalized spacial score (nSPS) is 16.8. The van der Waals surface area contributed by atoms with Crippen molar-refractivity contribution in [2.24, 2.45) is 5.92 Å². The zero-order valence-corrected chi connectivity index (χ0v) is 10.6. The molecule has 0 aromatic carbocycles. The van der Waals surface area contributed by atoms with Gasteiger partial charge in [-0.3, -0.25) is 0 Å². The van der Waals surface area contributed by atoms with Crippen LogP contribution >= 0.6 is 0 Å². The SMILES string of the molecule is CCNCc1cc(COCC2CCCC2)on1. The van der Waals surface area contributed by atoms with Crippen LogP contribution in [0.1, 0.15) is 44.1 Å². The molecule has 0 atom stereocenters. The zero-order valence-electron chi connectivity index (χ0n) is 10.6. The van der Waals surface area contributed by atoms with Gasteiger partial charge in [-0.15, -0.1) is 0 Å². The molecule has 0 spiro atoms.